The molecule has 0 aromatic heterocycles. The van der Waals surface area contributed by atoms with E-state index in [0.29, 0.717) is 0 Å². The second-order valence-electron chi connectivity index (χ2n) is 0.729. The van der Waals surface area contributed by atoms with Gasteiger partial charge in [0.15, 0.2) is 0 Å². The normalized spacial score (nSPS) is 6.89. The number of carbonyl (C=O) groups is 2. The van der Waals surface area contributed by atoms with Crippen LogP contribution in [0.5, 0.6) is 0 Å². The van der Waals surface area contributed by atoms with Gasteiger partial charge in [-0.2, -0.15) is 0 Å². The summed E-state index contributed by atoms with van der Waals surface area (Å²) in [5, 5.41) is 0. The van der Waals surface area contributed by atoms with Crippen molar-refractivity contribution in [3.05, 3.63) is 0 Å². The van der Waals surface area contributed by atoms with E-state index in [4.69, 9.17) is 0 Å². The summed E-state index contributed by atoms with van der Waals surface area (Å²) in [4.78, 5) is 23.4. The first-order valence-electron chi connectivity index (χ1n) is 1.38. The molecular weight excluding hydrogens is 165 g/mol. The number of hydrogen-bond donors (Lipinski definition) is 0. The summed E-state index contributed by atoms with van der Waals surface area (Å²) in [6.07, 6.45) is 0. The Labute approximate surface area is 90.7 Å². The Morgan fingerprint density at radius 3 is 1.33 bits per heavy atom. The number of halogens is 2. The predicted octanol–water partition coefficient (Wildman–Crippen LogP) is -0.807. The summed E-state index contributed by atoms with van der Waals surface area (Å²) < 4.78 is 21.0. The van der Waals surface area contributed by atoms with Gasteiger partial charge in [0.25, 0.3) is 0 Å². The molecule has 0 saturated heterocycles. The minimum absolute atomic E-state index is 0. The van der Waals surface area contributed by atoms with Gasteiger partial charge in [0, 0.05) is 9.05 Å². The van der Waals surface area contributed by atoms with Crippen molar-refractivity contribution in [2.24, 2.45) is 0 Å². The van der Waals surface area contributed by atoms with E-state index in [1.165, 1.54) is 0 Å². The molecule has 0 aromatic rings. The maximum atomic E-state index is 10.5. The molecule has 0 fully saturated rings. The molecule has 0 atom stereocenters. The van der Waals surface area contributed by atoms with E-state index in [-0.39, 0.29) is 51.4 Å². The molecule has 48 valence electrons. The third-order valence-electron chi connectivity index (χ3n) is 0.307. The Kier molecular flexibility index (Phi) is 8.85. The van der Waals surface area contributed by atoms with Crippen molar-refractivity contribution in [3.8, 4) is 0 Å². The van der Waals surface area contributed by atoms with Gasteiger partial charge in [-0.1, -0.05) is 0 Å². The van der Waals surface area contributed by atoms with Gasteiger partial charge in [-0.15, -0.1) is 0 Å². The van der Waals surface area contributed by atoms with Gasteiger partial charge in [-0.05, 0) is 0 Å². The summed E-state index contributed by atoms with van der Waals surface area (Å²) in [6, 6.07) is 0. The Morgan fingerprint density at radius 1 is 1.00 bits per heavy atom. The van der Waals surface area contributed by atoms with Crippen molar-refractivity contribution in [3.63, 3.8) is 0 Å². The molecule has 0 unspecified atom stereocenters. The van der Waals surface area contributed by atoms with Crippen molar-refractivity contribution in [2.45, 2.75) is 0 Å². The van der Waals surface area contributed by atoms with Crippen LogP contribution in [-0.2, 0) is 19.5 Å². The van der Waals surface area contributed by atoms with E-state index in [1.807, 2.05) is 0 Å². The van der Waals surface area contributed by atoms with Crippen LogP contribution in [0.2, 0.25) is 0 Å². The first-order valence-corrected chi connectivity index (χ1v) is 1.38. The molecule has 0 rings (SSSR count). The van der Waals surface area contributed by atoms with Crippen LogP contribution in [0, 0.1) is 0 Å². The van der Waals surface area contributed by atoms with Crippen molar-refractivity contribution < 1.29 is 28.5 Å². The zero-order valence-corrected chi connectivity index (χ0v) is 3.39. The third kappa shape index (κ3) is 4.91. The molecule has 0 aliphatic heterocycles. The second kappa shape index (κ2) is 6.55. The van der Waals surface area contributed by atoms with Gasteiger partial charge >= 0.3 is 63.3 Å². The fourth-order valence-corrected chi connectivity index (χ4v) is 0.0630. The molecule has 0 N–H and O–H groups in total. The quantitative estimate of drug-likeness (QED) is 0.349. The average Bonchev–Trinajstić information content (AvgIpc) is 1.84. The summed E-state index contributed by atoms with van der Waals surface area (Å²) >= 11 is 0. The molecule has 0 amide bonds. The van der Waals surface area contributed by atoms with Crippen molar-refractivity contribution in [2.75, 3.05) is 0 Å². The van der Waals surface area contributed by atoms with Crippen molar-refractivity contribution >= 4 is 63.3 Å². The van der Waals surface area contributed by atoms with Gasteiger partial charge in [-0.3, -0.25) is 0 Å². The van der Waals surface area contributed by atoms with Gasteiger partial charge in [0.1, 0.15) is 0 Å². The Bertz CT molecular complexity index is 101. The van der Waals surface area contributed by atoms with Crippen LogP contribution in [0.1, 0.15) is 0 Å². The molecule has 0 aromatic carbocycles. The monoisotopic (exact) mass is 166 g/mol. The van der Waals surface area contributed by atoms with Crippen LogP contribution in [-0.4, -0.2) is 63.3 Å². The van der Waals surface area contributed by atoms with Crippen LogP contribution in [0.4, 0.5) is 9.05 Å². The molecule has 9 heavy (non-hydrogen) atoms. The van der Waals surface area contributed by atoms with Crippen LogP contribution in [0.15, 0.2) is 0 Å². The van der Waals surface area contributed by atoms with Gasteiger partial charge in [0.2, 0.25) is 0 Å². The minimum atomic E-state index is -2.02. The molecule has 0 saturated carbocycles. The van der Waals surface area contributed by atoms with Crippen LogP contribution in [0.3, 0.4) is 0 Å². The first-order chi connectivity index (χ1) is 3.72. The Hall–Kier alpha value is 0.436. The zero-order valence-electron chi connectivity index (χ0n) is 3.39. The molecule has 0 bridgehead atoms. The standard InChI is InChI=1S/C2F2O4.K.H/c3-7-1(5)2(6)8-4;;. The van der Waals surface area contributed by atoms with E-state index >= 15 is 0 Å². The number of hydrogen-bond acceptors (Lipinski definition) is 4. The number of carbonyl (C=O) groups excluding carboxylic acids is 2. The molecular formula is C2HF2KO4. The van der Waals surface area contributed by atoms with Gasteiger partial charge < -0.3 is 0 Å². The third-order valence-corrected chi connectivity index (χ3v) is 0.307. The molecule has 0 spiro atoms. The van der Waals surface area contributed by atoms with E-state index in [0.717, 1.165) is 0 Å². The van der Waals surface area contributed by atoms with Gasteiger partial charge in [0.05, 0.1) is 0 Å². The first kappa shape index (κ1) is 12.1. The fraction of sp³-hybridized carbons (Fsp3) is 0. The summed E-state index contributed by atoms with van der Waals surface area (Å²) in [5.41, 5.74) is 0. The van der Waals surface area contributed by atoms with Crippen molar-refractivity contribution in [1.82, 2.24) is 0 Å². The van der Waals surface area contributed by atoms with Gasteiger partial charge in [-0.25, -0.2) is 19.5 Å². The molecule has 0 aliphatic rings. The topological polar surface area (TPSA) is 52.6 Å². The van der Waals surface area contributed by atoms with E-state index in [9.17, 15) is 18.6 Å². The van der Waals surface area contributed by atoms with E-state index in [1.54, 1.807) is 0 Å². The van der Waals surface area contributed by atoms with Crippen LogP contribution in [0.25, 0.3) is 0 Å². The Balaban J connectivity index is 0. The zero-order chi connectivity index (χ0) is 6.57. The predicted molar refractivity (Wildman–Crippen MR) is 21.5 cm³/mol. The maximum absolute atomic E-state index is 10.5. The molecule has 0 heterocycles. The molecule has 0 radical (unpaired) electrons. The summed E-state index contributed by atoms with van der Waals surface area (Å²) in [7, 11) is 0. The summed E-state index contributed by atoms with van der Waals surface area (Å²) in [6.45, 7) is 0. The van der Waals surface area contributed by atoms with Crippen LogP contribution < -0.4 is 0 Å². The average molecular weight is 166 g/mol. The van der Waals surface area contributed by atoms with E-state index in [2.05, 4.69) is 9.88 Å². The molecule has 4 nitrogen and oxygen atoms in total. The molecule has 0 aliphatic carbocycles. The Morgan fingerprint density at radius 2 is 1.22 bits per heavy atom. The molecule has 7 heteroatoms. The SMILES string of the molecule is O=C(OF)C(=O)OF.[KH]. The van der Waals surface area contributed by atoms with Crippen LogP contribution >= 0.6 is 0 Å². The van der Waals surface area contributed by atoms with E-state index < -0.39 is 11.9 Å². The fourth-order valence-electron chi connectivity index (χ4n) is 0.0630. The second-order valence-corrected chi connectivity index (χ2v) is 0.729. The number of rotatable bonds is 0. The summed E-state index contributed by atoms with van der Waals surface area (Å²) in [5.74, 6) is -4.04. The van der Waals surface area contributed by atoms with Crippen molar-refractivity contribution in [1.29, 1.82) is 0 Å².